The third-order valence-corrected chi connectivity index (χ3v) is 6.88. The van der Waals surface area contributed by atoms with E-state index < -0.39 is 0 Å². The quantitative estimate of drug-likeness (QED) is 0.191. The molecule has 74 valence electrons. The van der Waals surface area contributed by atoms with Crippen LogP contribution in [0.3, 0.4) is 0 Å². The summed E-state index contributed by atoms with van der Waals surface area (Å²) in [6.07, 6.45) is 0. The first-order valence-electron chi connectivity index (χ1n) is 2.90. The zero-order valence-electron chi connectivity index (χ0n) is 6.35. The molecule has 0 aliphatic heterocycles. The molecule has 0 bridgehead atoms. The summed E-state index contributed by atoms with van der Waals surface area (Å²) in [5, 5.41) is 0. The minimum Gasteiger partial charge on any atom is -0.0966 e. The molecule has 0 amide bonds. The van der Waals surface area contributed by atoms with E-state index in [0.717, 1.165) is 22.4 Å². The van der Waals surface area contributed by atoms with E-state index in [1.54, 1.807) is 0 Å². The van der Waals surface area contributed by atoms with Crippen molar-refractivity contribution in [1.29, 1.82) is 0 Å². The van der Waals surface area contributed by atoms with Crippen LogP contribution in [0.5, 0.6) is 0 Å². The Kier molecular flexibility index (Phi) is 8.58. The molecule has 1 aromatic rings. The van der Waals surface area contributed by atoms with Crippen molar-refractivity contribution in [1.82, 2.24) is 0 Å². The largest absolute Gasteiger partial charge is 0.0966 e. The van der Waals surface area contributed by atoms with Gasteiger partial charge in [0.25, 0.3) is 0 Å². The second-order valence-electron chi connectivity index (χ2n) is 1.78. The van der Waals surface area contributed by atoms with E-state index in [1.807, 2.05) is 11.9 Å². The van der Waals surface area contributed by atoms with Gasteiger partial charge in [0.15, 0.2) is 0 Å². The predicted octanol–water partition coefficient (Wildman–Crippen LogP) is 6.51. The van der Waals surface area contributed by atoms with Gasteiger partial charge in [-0.3, -0.25) is 0 Å². The fraction of sp³-hybridized carbons (Fsp3) is 0.143. The number of halogens is 6. The number of hydrogen-bond donors (Lipinski definition) is 0. The van der Waals surface area contributed by atoms with Gasteiger partial charge < -0.3 is 0 Å². The van der Waals surface area contributed by atoms with Gasteiger partial charge in [-0.05, 0) is 91.5 Å². The van der Waals surface area contributed by atoms with Gasteiger partial charge in [0, 0.05) is 22.4 Å². The highest BCUT2D eigenvalue weighted by Gasteiger charge is 2.09. The highest BCUT2D eigenvalue weighted by molar-refractivity contribution is 9.15. The van der Waals surface area contributed by atoms with Crippen LogP contribution >= 0.6 is 95.6 Å². The molecule has 0 saturated heterocycles. The number of alkyl halides is 1. The van der Waals surface area contributed by atoms with Crippen LogP contribution in [0.15, 0.2) is 28.4 Å². The molecule has 13 heavy (non-hydrogen) atoms. The van der Waals surface area contributed by atoms with Gasteiger partial charge in [-0.1, -0.05) is 15.9 Å². The topological polar surface area (TPSA) is 0 Å². The van der Waals surface area contributed by atoms with Gasteiger partial charge in [-0.2, -0.15) is 0 Å². The molecule has 0 heterocycles. The molecule has 0 aromatic heterocycles. The first-order chi connectivity index (χ1) is 6.04. The van der Waals surface area contributed by atoms with Gasteiger partial charge in [0.1, 0.15) is 0 Å². The van der Waals surface area contributed by atoms with Crippen LogP contribution in [0.4, 0.5) is 0 Å². The minimum atomic E-state index is 0.999. The second kappa shape index (κ2) is 7.39. The molecule has 0 nitrogen and oxygen atoms in total. The normalized spacial score (nSPS) is 9.15. The zero-order chi connectivity index (χ0) is 10.6. The summed E-state index contributed by atoms with van der Waals surface area (Å²) in [5.41, 5.74) is 0. The standard InChI is InChI=1S/C6HBr5.CH3Br/c7-2-1-3(8)5(10)6(11)4(2)9;1-2/h1H;1H3. The summed E-state index contributed by atoms with van der Waals surface area (Å²) in [6, 6.07) is 1.97. The maximum Gasteiger partial charge on any atom is 0.0482 e. The average Bonchev–Trinajstić information content (AvgIpc) is 2.15. The van der Waals surface area contributed by atoms with Crippen molar-refractivity contribution in [3.63, 3.8) is 0 Å². The third-order valence-electron chi connectivity index (χ3n) is 1.06. The molecule has 0 spiro atoms. The molecule has 0 N–H and O–H groups in total. The fourth-order valence-corrected chi connectivity index (χ4v) is 3.56. The first kappa shape index (κ1) is 15.1. The molecule has 0 fully saturated rings. The summed E-state index contributed by atoms with van der Waals surface area (Å²) < 4.78 is 5.04. The highest BCUT2D eigenvalue weighted by Crippen LogP contribution is 2.40. The number of rotatable bonds is 0. The Hall–Kier alpha value is 2.10. The molecule has 0 aliphatic rings. The van der Waals surface area contributed by atoms with E-state index in [9.17, 15) is 0 Å². The van der Waals surface area contributed by atoms with Crippen LogP contribution < -0.4 is 0 Å². The number of hydrogen-bond acceptors (Lipinski definition) is 0. The van der Waals surface area contributed by atoms with Crippen LogP contribution in [-0.4, -0.2) is 5.83 Å². The molecule has 0 unspecified atom stereocenters. The number of benzene rings is 1. The highest BCUT2D eigenvalue weighted by atomic mass is 79.9. The maximum absolute atomic E-state index is 3.43. The molecular formula is C7H4Br6. The Morgan fingerprint density at radius 1 is 0.692 bits per heavy atom. The van der Waals surface area contributed by atoms with Crippen molar-refractivity contribution in [2.75, 3.05) is 5.83 Å². The SMILES string of the molecule is Brc1cc(Br)c(Br)c(Br)c1Br.CBr. The van der Waals surface area contributed by atoms with Gasteiger partial charge in [-0.25, -0.2) is 0 Å². The monoisotopic (exact) mass is 562 g/mol. The van der Waals surface area contributed by atoms with E-state index >= 15 is 0 Å². The van der Waals surface area contributed by atoms with Crippen LogP contribution in [0.1, 0.15) is 0 Å². The molecule has 6 heteroatoms. The van der Waals surface area contributed by atoms with Crippen LogP contribution in [0.2, 0.25) is 0 Å². The van der Waals surface area contributed by atoms with E-state index in [-0.39, 0.29) is 0 Å². The van der Waals surface area contributed by atoms with Crippen LogP contribution in [-0.2, 0) is 0 Å². The lowest BCUT2D eigenvalue weighted by Crippen LogP contribution is -1.77. The summed E-state index contributed by atoms with van der Waals surface area (Å²) >= 11 is 20.0. The predicted molar refractivity (Wildman–Crippen MR) is 79.8 cm³/mol. The lowest BCUT2D eigenvalue weighted by atomic mass is 10.4. The van der Waals surface area contributed by atoms with Crippen molar-refractivity contribution in [2.45, 2.75) is 0 Å². The van der Waals surface area contributed by atoms with E-state index in [2.05, 4.69) is 95.6 Å². The van der Waals surface area contributed by atoms with Gasteiger partial charge in [0.2, 0.25) is 0 Å². The Morgan fingerprint density at radius 2 is 1.00 bits per heavy atom. The van der Waals surface area contributed by atoms with Crippen molar-refractivity contribution >= 4 is 95.6 Å². The zero-order valence-corrected chi connectivity index (χ0v) is 15.9. The Balaban J connectivity index is 0.000000671. The summed E-state index contributed by atoms with van der Waals surface area (Å²) in [5.74, 6) is 1.81. The maximum atomic E-state index is 3.43. The van der Waals surface area contributed by atoms with E-state index in [1.165, 1.54) is 0 Å². The average molecular weight is 568 g/mol. The molecule has 0 atom stereocenters. The fourth-order valence-electron chi connectivity index (χ4n) is 0.544. The minimum absolute atomic E-state index is 0.999. The summed E-state index contributed by atoms with van der Waals surface area (Å²) in [7, 11) is 0. The van der Waals surface area contributed by atoms with Crippen LogP contribution in [0.25, 0.3) is 0 Å². The van der Waals surface area contributed by atoms with Crippen LogP contribution in [0, 0.1) is 0 Å². The molecule has 1 aromatic carbocycles. The van der Waals surface area contributed by atoms with Gasteiger partial charge in [0.05, 0.1) is 0 Å². The second-order valence-corrected chi connectivity index (χ2v) is 5.87. The van der Waals surface area contributed by atoms with Crippen molar-refractivity contribution in [2.24, 2.45) is 0 Å². The molecule has 0 radical (unpaired) electrons. The van der Waals surface area contributed by atoms with Crippen molar-refractivity contribution in [3.05, 3.63) is 28.4 Å². The lowest BCUT2D eigenvalue weighted by molar-refractivity contribution is 1.46. The van der Waals surface area contributed by atoms with Gasteiger partial charge in [-0.15, -0.1) is 0 Å². The lowest BCUT2D eigenvalue weighted by Gasteiger charge is -2.04. The Bertz CT molecular complexity index is 269. The smallest absolute Gasteiger partial charge is 0.0482 e. The van der Waals surface area contributed by atoms with E-state index in [0.29, 0.717) is 0 Å². The Morgan fingerprint density at radius 3 is 1.31 bits per heavy atom. The first-order valence-corrected chi connectivity index (χ1v) is 8.45. The molecule has 1 rings (SSSR count). The van der Waals surface area contributed by atoms with Crippen molar-refractivity contribution in [3.8, 4) is 0 Å². The molecular weight excluding hydrogens is 564 g/mol. The Labute approximate surface area is 128 Å². The molecule has 0 saturated carbocycles. The van der Waals surface area contributed by atoms with Gasteiger partial charge >= 0.3 is 0 Å². The molecule has 0 aliphatic carbocycles. The van der Waals surface area contributed by atoms with E-state index in [4.69, 9.17) is 0 Å². The van der Waals surface area contributed by atoms with Crippen molar-refractivity contribution < 1.29 is 0 Å². The summed E-state index contributed by atoms with van der Waals surface area (Å²) in [4.78, 5) is 0. The third kappa shape index (κ3) is 4.23. The summed E-state index contributed by atoms with van der Waals surface area (Å²) in [6.45, 7) is 0.